The number of carbonyl (C=O) groups is 3. The molecule has 0 fully saturated rings. The van der Waals surface area contributed by atoms with Gasteiger partial charge in [-0.2, -0.15) is 0 Å². The second-order valence-corrected chi connectivity index (χ2v) is 7.32. The fraction of sp³-hybridized carbons (Fsp3) is 0.227. The maximum Gasteiger partial charge on any atom is 0.183 e. The van der Waals surface area contributed by atoms with Crippen molar-refractivity contribution in [3.05, 3.63) is 59.8 Å². The van der Waals surface area contributed by atoms with E-state index in [2.05, 4.69) is 15.3 Å². The number of aromatic nitrogens is 2. The second kappa shape index (κ2) is 6.96. The topological polar surface area (TPSA) is 89.0 Å². The molecule has 4 rings (SSSR count). The molecule has 140 valence electrons. The molecular formula is C22H19N3O3. The number of anilines is 2. The third-order valence-corrected chi connectivity index (χ3v) is 4.74. The van der Waals surface area contributed by atoms with Crippen LogP contribution in [0.2, 0.25) is 0 Å². The number of Topliss-reactive ketones (excluding diaryl/α,β-unsaturated/α-hetero) is 3. The van der Waals surface area contributed by atoms with Gasteiger partial charge in [0.15, 0.2) is 17.3 Å². The van der Waals surface area contributed by atoms with Crippen molar-refractivity contribution < 1.29 is 14.4 Å². The molecule has 1 heterocycles. The quantitative estimate of drug-likeness (QED) is 0.681. The molecule has 0 radical (unpaired) electrons. The Balaban J connectivity index is 1.69. The van der Waals surface area contributed by atoms with Crippen molar-refractivity contribution in [2.45, 2.75) is 20.3 Å². The molecule has 0 spiro atoms. The summed E-state index contributed by atoms with van der Waals surface area (Å²) < 4.78 is 0. The van der Waals surface area contributed by atoms with Gasteiger partial charge < -0.3 is 5.32 Å². The molecule has 6 heteroatoms. The molecule has 1 aliphatic rings. The normalized spacial score (nSPS) is 15.9. The van der Waals surface area contributed by atoms with E-state index in [4.69, 9.17) is 0 Å². The summed E-state index contributed by atoms with van der Waals surface area (Å²) in [6.07, 6.45) is 1.78. The molecule has 1 N–H and O–H groups in total. The number of benzene rings is 2. The molecule has 0 saturated carbocycles. The zero-order valence-electron chi connectivity index (χ0n) is 15.6. The first kappa shape index (κ1) is 18.0. The van der Waals surface area contributed by atoms with Crippen molar-refractivity contribution in [3.8, 4) is 0 Å². The van der Waals surface area contributed by atoms with Crippen molar-refractivity contribution in [2.24, 2.45) is 11.8 Å². The molecule has 1 aromatic heterocycles. The number of fused-ring (bicyclic) bond motifs is 2. The van der Waals surface area contributed by atoms with Crippen LogP contribution in [0.4, 0.5) is 11.5 Å². The van der Waals surface area contributed by atoms with Crippen LogP contribution >= 0.6 is 0 Å². The highest BCUT2D eigenvalue weighted by molar-refractivity contribution is 6.37. The molecule has 6 nitrogen and oxygen atoms in total. The van der Waals surface area contributed by atoms with Crippen LogP contribution in [-0.4, -0.2) is 27.3 Å². The Morgan fingerprint density at radius 2 is 1.79 bits per heavy atom. The van der Waals surface area contributed by atoms with Gasteiger partial charge in [0.05, 0.1) is 28.5 Å². The van der Waals surface area contributed by atoms with Crippen molar-refractivity contribution in [2.75, 3.05) is 5.32 Å². The Bertz CT molecular complexity index is 1120. The number of nitrogens with zero attached hydrogens (tertiary/aromatic N) is 2. The van der Waals surface area contributed by atoms with Crippen LogP contribution in [0.15, 0.2) is 48.7 Å². The van der Waals surface area contributed by atoms with Crippen molar-refractivity contribution in [3.63, 3.8) is 0 Å². The minimum Gasteiger partial charge on any atom is -0.338 e. The standard InChI is InChI=1S/C22H19N3O3/c1-12(2)10-17(26)20-21(27)13-6-5-9-16(19(13)22(20)28)25-18-11-23-14-7-3-4-8-15(14)24-18/h3-9,11-12,20H,10H2,1-2H3,(H,24,25). The molecule has 1 atom stereocenters. The van der Waals surface area contributed by atoms with Gasteiger partial charge in [-0.15, -0.1) is 0 Å². The van der Waals surface area contributed by atoms with Crippen molar-refractivity contribution >= 4 is 39.9 Å². The summed E-state index contributed by atoms with van der Waals surface area (Å²) in [5, 5.41) is 3.09. The zero-order valence-corrected chi connectivity index (χ0v) is 15.6. The molecule has 1 aliphatic carbocycles. The van der Waals surface area contributed by atoms with Crippen LogP contribution in [-0.2, 0) is 4.79 Å². The van der Waals surface area contributed by atoms with Gasteiger partial charge in [0.25, 0.3) is 0 Å². The molecule has 0 aliphatic heterocycles. The van der Waals surface area contributed by atoms with Gasteiger partial charge in [0.1, 0.15) is 11.7 Å². The monoisotopic (exact) mass is 373 g/mol. The molecule has 2 aromatic carbocycles. The molecular weight excluding hydrogens is 354 g/mol. The summed E-state index contributed by atoms with van der Waals surface area (Å²) >= 11 is 0. The Labute approximate surface area is 162 Å². The lowest BCUT2D eigenvalue weighted by Crippen LogP contribution is -2.26. The highest BCUT2D eigenvalue weighted by Crippen LogP contribution is 2.35. The van der Waals surface area contributed by atoms with E-state index < -0.39 is 17.5 Å². The minimum absolute atomic E-state index is 0.0854. The number of para-hydroxylation sites is 2. The van der Waals surface area contributed by atoms with Gasteiger partial charge in [-0.05, 0) is 24.1 Å². The first-order valence-electron chi connectivity index (χ1n) is 9.18. The van der Waals surface area contributed by atoms with E-state index in [1.165, 1.54) is 0 Å². The van der Waals surface area contributed by atoms with Crippen LogP contribution < -0.4 is 5.32 Å². The summed E-state index contributed by atoms with van der Waals surface area (Å²) in [6.45, 7) is 3.78. The molecule has 0 amide bonds. The lowest BCUT2D eigenvalue weighted by Gasteiger charge is -2.10. The molecule has 0 saturated heterocycles. The van der Waals surface area contributed by atoms with E-state index in [0.29, 0.717) is 17.0 Å². The Kier molecular flexibility index (Phi) is 4.47. The number of rotatable bonds is 5. The maximum atomic E-state index is 12.9. The summed E-state index contributed by atoms with van der Waals surface area (Å²) in [4.78, 5) is 47.0. The highest BCUT2D eigenvalue weighted by atomic mass is 16.2. The minimum atomic E-state index is -1.23. The predicted octanol–water partition coefficient (Wildman–Crippen LogP) is 3.98. The molecule has 0 bridgehead atoms. The largest absolute Gasteiger partial charge is 0.338 e. The summed E-state index contributed by atoms with van der Waals surface area (Å²) in [5.74, 6) is -1.87. The van der Waals surface area contributed by atoms with Crippen LogP contribution in [0.25, 0.3) is 11.0 Å². The number of hydrogen-bond acceptors (Lipinski definition) is 6. The van der Waals surface area contributed by atoms with Gasteiger partial charge >= 0.3 is 0 Å². The summed E-state index contributed by atoms with van der Waals surface area (Å²) in [6, 6.07) is 12.4. The fourth-order valence-corrected chi connectivity index (χ4v) is 3.51. The van der Waals surface area contributed by atoms with Gasteiger partial charge in [0.2, 0.25) is 0 Å². The van der Waals surface area contributed by atoms with Gasteiger partial charge in [-0.1, -0.05) is 38.1 Å². The van der Waals surface area contributed by atoms with Crippen LogP contribution in [0.3, 0.4) is 0 Å². The predicted molar refractivity (Wildman–Crippen MR) is 106 cm³/mol. The number of ketones is 3. The van der Waals surface area contributed by atoms with E-state index in [9.17, 15) is 14.4 Å². The zero-order chi connectivity index (χ0) is 19.8. The average molecular weight is 373 g/mol. The van der Waals surface area contributed by atoms with E-state index in [-0.39, 0.29) is 29.2 Å². The number of carbonyl (C=O) groups excluding carboxylic acids is 3. The second-order valence-electron chi connectivity index (χ2n) is 7.32. The SMILES string of the molecule is CC(C)CC(=O)C1C(=O)c2cccc(Nc3cnc4ccccc4n3)c2C1=O. The lowest BCUT2D eigenvalue weighted by molar-refractivity contribution is -0.120. The van der Waals surface area contributed by atoms with Gasteiger partial charge in [0, 0.05) is 12.0 Å². The Morgan fingerprint density at radius 3 is 2.54 bits per heavy atom. The molecule has 28 heavy (non-hydrogen) atoms. The van der Waals surface area contributed by atoms with Crippen LogP contribution in [0.5, 0.6) is 0 Å². The van der Waals surface area contributed by atoms with Gasteiger partial charge in [-0.25, -0.2) is 4.98 Å². The highest BCUT2D eigenvalue weighted by Gasteiger charge is 2.44. The lowest BCUT2D eigenvalue weighted by atomic mass is 9.92. The maximum absolute atomic E-state index is 12.9. The smallest absolute Gasteiger partial charge is 0.183 e. The third-order valence-electron chi connectivity index (χ3n) is 4.74. The fourth-order valence-electron chi connectivity index (χ4n) is 3.51. The molecule has 3 aromatic rings. The van der Waals surface area contributed by atoms with E-state index in [1.807, 2.05) is 38.1 Å². The van der Waals surface area contributed by atoms with Crippen LogP contribution in [0.1, 0.15) is 41.0 Å². The first-order valence-corrected chi connectivity index (χ1v) is 9.18. The first-order chi connectivity index (χ1) is 13.5. The summed E-state index contributed by atoms with van der Waals surface area (Å²) in [5.41, 5.74) is 2.47. The number of nitrogens with one attached hydrogen (secondary N) is 1. The third kappa shape index (κ3) is 3.07. The number of hydrogen-bond donors (Lipinski definition) is 1. The average Bonchev–Trinajstić information content (AvgIpc) is 2.92. The van der Waals surface area contributed by atoms with E-state index >= 15 is 0 Å². The van der Waals surface area contributed by atoms with Crippen molar-refractivity contribution in [1.29, 1.82) is 0 Å². The van der Waals surface area contributed by atoms with E-state index in [0.717, 1.165) is 5.52 Å². The van der Waals surface area contributed by atoms with Crippen molar-refractivity contribution in [1.82, 2.24) is 9.97 Å². The Morgan fingerprint density at radius 1 is 1.04 bits per heavy atom. The summed E-state index contributed by atoms with van der Waals surface area (Å²) in [7, 11) is 0. The van der Waals surface area contributed by atoms with Crippen LogP contribution in [0, 0.1) is 11.8 Å². The Hall–Kier alpha value is -3.41. The molecule has 1 unspecified atom stereocenters. The van der Waals surface area contributed by atoms with E-state index in [1.54, 1.807) is 24.4 Å². The van der Waals surface area contributed by atoms with Gasteiger partial charge in [-0.3, -0.25) is 19.4 Å².